The lowest BCUT2D eigenvalue weighted by Gasteiger charge is -2.11. The number of hydrogen-bond acceptors (Lipinski definition) is 3. The molecule has 0 saturated heterocycles. The smallest absolute Gasteiger partial charge is 0.147 e. The van der Waals surface area contributed by atoms with Crippen molar-refractivity contribution < 1.29 is 4.79 Å². The normalized spacial score (nSPS) is 11.9. The number of ketones is 1. The molecule has 0 saturated carbocycles. The third-order valence-electron chi connectivity index (χ3n) is 2.03. The summed E-state index contributed by atoms with van der Waals surface area (Å²) in [6, 6.07) is 7.54. The minimum Gasteiger partial charge on any atom is -0.298 e. The first kappa shape index (κ1) is 12.3. The summed E-state index contributed by atoms with van der Waals surface area (Å²) in [5, 5.41) is 8.68. The Morgan fingerprint density at radius 3 is 2.87 bits per heavy atom. The summed E-state index contributed by atoms with van der Waals surface area (Å²) in [5.41, 5.74) is 1.70. The average molecular weight is 284 g/mol. The highest BCUT2D eigenvalue weighted by atomic mass is 79.9. The highest BCUT2D eigenvalue weighted by Crippen LogP contribution is 2.28. The Balaban J connectivity index is 3.17. The number of nitriles is 1. The average Bonchev–Trinajstić information content (AvgIpc) is 2.17. The van der Waals surface area contributed by atoms with Crippen LogP contribution in [0.25, 0.3) is 0 Å². The summed E-state index contributed by atoms with van der Waals surface area (Å²) in [5.74, 6) is 0.0288. The van der Waals surface area contributed by atoms with Crippen molar-refractivity contribution in [2.45, 2.75) is 23.1 Å². The predicted molar refractivity (Wildman–Crippen MR) is 65.4 cm³/mol. The molecule has 0 radical (unpaired) electrons. The summed E-state index contributed by atoms with van der Waals surface area (Å²) in [6.45, 7) is 1.52. The van der Waals surface area contributed by atoms with Crippen LogP contribution in [0, 0.1) is 11.3 Å². The highest BCUT2D eigenvalue weighted by molar-refractivity contribution is 9.09. The lowest BCUT2D eigenvalue weighted by molar-refractivity contribution is -0.116. The molecular formula is C11H10BrNOS. The van der Waals surface area contributed by atoms with Gasteiger partial charge in [0.2, 0.25) is 0 Å². The molecule has 4 heteroatoms. The van der Waals surface area contributed by atoms with E-state index in [0.717, 1.165) is 16.0 Å². The van der Waals surface area contributed by atoms with Gasteiger partial charge in [0.25, 0.3) is 0 Å². The van der Waals surface area contributed by atoms with Crippen LogP contribution in [-0.2, 0) is 11.2 Å². The first-order valence-electron chi connectivity index (χ1n) is 4.39. The summed E-state index contributed by atoms with van der Waals surface area (Å²) in [4.78, 5) is 11.7. The summed E-state index contributed by atoms with van der Waals surface area (Å²) < 4.78 is 0. The van der Waals surface area contributed by atoms with Crippen molar-refractivity contribution in [3.8, 4) is 6.07 Å². The van der Waals surface area contributed by atoms with Crippen LogP contribution >= 0.6 is 28.6 Å². The lowest BCUT2D eigenvalue weighted by Crippen LogP contribution is -2.04. The van der Waals surface area contributed by atoms with Gasteiger partial charge < -0.3 is 0 Å². The molecule has 0 fully saturated rings. The van der Waals surface area contributed by atoms with E-state index in [2.05, 4.69) is 34.6 Å². The molecule has 0 aliphatic carbocycles. The fraction of sp³-hybridized carbons (Fsp3) is 0.273. The highest BCUT2D eigenvalue weighted by Gasteiger charge is 2.16. The molecule has 15 heavy (non-hydrogen) atoms. The van der Waals surface area contributed by atoms with Gasteiger partial charge in [-0.3, -0.25) is 4.79 Å². The van der Waals surface area contributed by atoms with Gasteiger partial charge in [-0.15, -0.1) is 12.6 Å². The van der Waals surface area contributed by atoms with Crippen LogP contribution in [-0.4, -0.2) is 5.78 Å². The zero-order valence-corrected chi connectivity index (χ0v) is 10.7. The number of halogens is 1. The van der Waals surface area contributed by atoms with Crippen molar-refractivity contribution in [2.75, 3.05) is 0 Å². The fourth-order valence-electron chi connectivity index (χ4n) is 1.30. The van der Waals surface area contributed by atoms with Gasteiger partial charge in [0.15, 0.2) is 0 Å². The summed E-state index contributed by atoms with van der Waals surface area (Å²) in [7, 11) is 0. The van der Waals surface area contributed by atoms with E-state index in [4.69, 9.17) is 5.26 Å². The molecule has 0 amide bonds. The van der Waals surface area contributed by atoms with Crippen LogP contribution in [0.5, 0.6) is 0 Å². The molecule has 1 unspecified atom stereocenters. The summed E-state index contributed by atoms with van der Waals surface area (Å²) >= 11 is 7.52. The maximum absolute atomic E-state index is 11.2. The predicted octanol–water partition coefficient (Wildman–Crippen LogP) is 3.07. The molecule has 0 aliphatic heterocycles. The van der Waals surface area contributed by atoms with Gasteiger partial charge in [0, 0.05) is 4.90 Å². The molecule has 0 bridgehead atoms. The van der Waals surface area contributed by atoms with Gasteiger partial charge >= 0.3 is 0 Å². The number of thiol groups is 1. The number of alkyl halides is 1. The minimum absolute atomic E-state index is 0.0288. The Bertz CT molecular complexity index is 425. The van der Waals surface area contributed by atoms with Gasteiger partial charge in [0.1, 0.15) is 5.78 Å². The third kappa shape index (κ3) is 3.08. The third-order valence-corrected chi connectivity index (χ3v) is 3.44. The van der Waals surface area contributed by atoms with Crippen LogP contribution in [0.1, 0.15) is 22.9 Å². The van der Waals surface area contributed by atoms with E-state index < -0.39 is 0 Å². The number of carbonyl (C=O) groups is 1. The van der Waals surface area contributed by atoms with Crippen LogP contribution in [0.4, 0.5) is 0 Å². The van der Waals surface area contributed by atoms with Gasteiger partial charge in [-0.2, -0.15) is 5.26 Å². The number of hydrogen-bond donors (Lipinski definition) is 1. The van der Waals surface area contributed by atoms with Gasteiger partial charge in [-0.25, -0.2) is 0 Å². The monoisotopic (exact) mass is 283 g/mol. The van der Waals surface area contributed by atoms with E-state index in [0.29, 0.717) is 6.42 Å². The number of nitrogens with zero attached hydrogens (tertiary/aromatic N) is 1. The molecule has 1 aromatic rings. The second kappa shape index (κ2) is 5.34. The van der Waals surface area contributed by atoms with Crippen molar-refractivity contribution >= 4 is 34.3 Å². The Labute approximate surface area is 103 Å². The number of carbonyl (C=O) groups excluding carboxylic acids is 1. The molecule has 2 nitrogen and oxygen atoms in total. The lowest BCUT2D eigenvalue weighted by atomic mass is 10.0. The van der Waals surface area contributed by atoms with Crippen molar-refractivity contribution in [1.82, 2.24) is 0 Å². The standard InChI is InChI=1S/C11H10BrNOS/c1-7(14)11(12)10-3-2-9(15)6-8(10)4-5-13/h2-3,6,11,15H,4H2,1H3. The zero-order chi connectivity index (χ0) is 11.4. The molecule has 1 rings (SSSR count). The molecule has 0 heterocycles. The van der Waals surface area contributed by atoms with E-state index in [9.17, 15) is 4.79 Å². The van der Waals surface area contributed by atoms with E-state index in [1.165, 1.54) is 6.92 Å². The molecule has 0 aromatic heterocycles. The summed E-state index contributed by atoms with van der Waals surface area (Å²) in [6.07, 6.45) is 0.291. The quantitative estimate of drug-likeness (QED) is 0.684. The molecule has 78 valence electrons. The number of Topliss-reactive ketones (excluding diaryl/α,β-unsaturated/α-hetero) is 1. The first-order valence-corrected chi connectivity index (χ1v) is 5.75. The van der Waals surface area contributed by atoms with Crippen molar-refractivity contribution in [2.24, 2.45) is 0 Å². The van der Waals surface area contributed by atoms with Crippen molar-refractivity contribution in [1.29, 1.82) is 5.26 Å². The van der Waals surface area contributed by atoms with Crippen molar-refractivity contribution in [3.63, 3.8) is 0 Å². The van der Waals surface area contributed by atoms with E-state index in [1.54, 1.807) is 0 Å². The van der Waals surface area contributed by atoms with Gasteiger partial charge in [0.05, 0.1) is 17.3 Å². The van der Waals surface area contributed by atoms with Crippen LogP contribution in [0.3, 0.4) is 0 Å². The maximum Gasteiger partial charge on any atom is 0.147 e. The van der Waals surface area contributed by atoms with Crippen molar-refractivity contribution in [3.05, 3.63) is 29.3 Å². The second-order valence-corrected chi connectivity index (χ2v) is 4.62. The Morgan fingerprint density at radius 1 is 1.67 bits per heavy atom. The second-order valence-electron chi connectivity index (χ2n) is 3.19. The molecule has 0 spiro atoms. The maximum atomic E-state index is 11.2. The Kier molecular flexibility index (Phi) is 4.37. The SMILES string of the molecule is CC(=O)C(Br)c1ccc(S)cc1CC#N. The Morgan fingerprint density at radius 2 is 2.33 bits per heavy atom. The van der Waals surface area contributed by atoms with Gasteiger partial charge in [-0.1, -0.05) is 22.0 Å². The van der Waals surface area contributed by atoms with Crippen LogP contribution < -0.4 is 0 Å². The number of benzene rings is 1. The topological polar surface area (TPSA) is 40.9 Å². The van der Waals surface area contributed by atoms with E-state index in [1.807, 2.05) is 18.2 Å². The van der Waals surface area contributed by atoms with Crippen LogP contribution in [0.15, 0.2) is 23.1 Å². The van der Waals surface area contributed by atoms with E-state index in [-0.39, 0.29) is 10.6 Å². The zero-order valence-electron chi connectivity index (χ0n) is 8.20. The molecular weight excluding hydrogens is 274 g/mol. The molecule has 1 atom stereocenters. The molecule has 1 aromatic carbocycles. The molecule has 0 aliphatic rings. The van der Waals surface area contributed by atoms with Crippen LogP contribution in [0.2, 0.25) is 0 Å². The largest absolute Gasteiger partial charge is 0.298 e. The first-order chi connectivity index (χ1) is 7.06. The number of rotatable bonds is 3. The van der Waals surface area contributed by atoms with Gasteiger partial charge in [-0.05, 0) is 30.2 Å². The molecule has 0 N–H and O–H groups in total. The fourth-order valence-corrected chi connectivity index (χ4v) is 1.97. The minimum atomic E-state index is -0.338. The van der Waals surface area contributed by atoms with E-state index >= 15 is 0 Å². The Hall–Kier alpha value is -0.790.